The topological polar surface area (TPSA) is 79.8 Å². The Balaban J connectivity index is 1.53. The molecule has 0 bridgehead atoms. The zero-order valence-electron chi connectivity index (χ0n) is 13.2. The van der Waals surface area contributed by atoms with Gasteiger partial charge in [-0.3, -0.25) is 4.79 Å². The molecule has 1 saturated heterocycles. The number of aliphatic hydroxyl groups excluding tert-OH is 1. The molecular weight excluding hydrogens is 296 g/mol. The van der Waals surface area contributed by atoms with Gasteiger partial charge in [-0.25, -0.2) is 0 Å². The van der Waals surface area contributed by atoms with Crippen LogP contribution in [0.2, 0.25) is 0 Å². The highest BCUT2D eigenvalue weighted by Gasteiger charge is 2.25. The van der Waals surface area contributed by atoms with Crippen LogP contribution >= 0.6 is 0 Å². The molecule has 1 aliphatic carbocycles. The van der Waals surface area contributed by atoms with Gasteiger partial charge in [0.05, 0.1) is 12.7 Å². The summed E-state index contributed by atoms with van der Waals surface area (Å²) in [5.41, 5.74) is 0.709. The van der Waals surface area contributed by atoms with Gasteiger partial charge in [-0.05, 0) is 43.5 Å². The highest BCUT2D eigenvalue weighted by molar-refractivity contribution is 5.94. The van der Waals surface area contributed by atoms with Crippen LogP contribution in [-0.2, 0) is 9.53 Å². The molecule has 3 rings (SSSR count). The molecule has 1 amide bonds. The summed E-state index contributed by atoms with van der Waals surface area (Å²) in [6.07, 6.45) is 2.86. The predicted octanol–water partition coefficient (Wildman–Crippen LogP) is 1.30. The molecule has 1 aromatic carbocycles. The largest absolute Gasteiger partial charge is 0.488 e. The van der Waals surface area contributed by atoms with E-state index in [9.17, 15) is 9.90 Å². The summed E-state index contributed by atoms with van der Waals surface area (Å²) in [6, 6.07) is 7.24. The molecule has 126 valence electrons. The number of amides is 1. The van der Waals surface area contributed by atoms with Crippen molar-refractivity contribution in [2.24, 2.45) is 0 Å². The van der Waals surface area contributed by atoms with Crippen molar-refractivity contribution in [2.45, 2.75) is 44.0 Å². The monoisotopic (exact) mass is 320 g/mol. The van der Waals surface area contributed by atoms with E-state index < -0.39 is 6.10 Å². The first kappa shape index (κ1) is 16.2. The molecule has 23 heavy (non-hydrogen) atoms. The van der Waals surface area contributed by atoms with Crippen LogP contribution in [0, 0.1) is 0 Å². The Labute approximate surface area is 136 Å². The predicted molar refractivity (Wildman–Crippen MR) is 86.6 cm³/mol. The maximum Gasteiger partial charge on any atom is 0.254 e. The van der Waals surface area contributed by atoms with Crippen LogP contribution in [0.25, 0.3) is 0 Å². The third-order valence-corrected chi connectivity index (χ3v) is 4.30. The molecular formula is C17H24N2O4. The number of morpholine rings is 1. The number of hydrogen-bond donors (Lipinski definition) is 3. The summed E-state index contributed by atoms with van der Waals surface area (Å²) in [5.74, 6) is 0.568. The number of anilines is 1. The van der Waals surface area contributed by atoms with Crippen molar-refractivity contribution >= 4 is 11.6 Å². The van der Waals surface area contributed by atoms with Crippen molar-refractivity contribution in [1.82, 2.24) is 5.32 Å². The van der Waals surface area contributed by atoms with Gasteiger partial charge in [0.25, 0.3) is 5.91 Å². The van der Waals surface area contributed by atoms with Crippen LogP contribution < -0.4 is 15.4 Å². The lowest BCUT2D eigenvalue weighted by Crippen LogP contribution is -2.45. The zero-order valence-corrected chi connectivity index (χ0v) is 13.2. The quantitative estimate of drug-likeness (QED) is 0.779. The molecule has 2 aliphatic rings. The molecule has 3 N–H and O–H groups in total. The first-order valence-corrected chi connectivity index (χ1v) is 8.30. The minimum Gasteiger partial charge on any atom is -0.488 e. The Kier molecular flexibility index (Phi) is 5.48. The van der Waals surface area contributed by atoms with Gasteiger partial charge in [0.1, 0.15) is 18.0 Å². The first-order chi connectivity index (χ1) is 11.2. The van der Waals surface area contributed by atoms with Gasteiger partial charge < -0.3 is 25.2 Å². The van der Waals surface area contributed by atoms with Gasteiger partial charge in [0.2, 0.25) is 0 Å². The lowest BCUT2D eigenvalue weighted by Gasteiger charge is -2.28. The van der Waals surface area contributed by atoms with Crippen LogP contribution in [0.5, 0.6) is 5.75 Å². The fraction of sp³-hybridized carbons (Fsp3) is 0.588. The summed E-state index contributed by atoms with van der Waals surface area (Å²) < 4.78 is 11.3. The van der Waals surface area contributed by atoms with E-state index in [1.165, 1.54) is 0 Å². The van der Waals surface area contributed by atoms with Crippen LogP contribution in [-0.4, -0.2) is 49.0 Å². The number of carbonyl (C=O) groups excluding carboxylic acids is 1. The van der Waals surface area contributed by atoms with Crippen molar-refractivity contribution in [3.63, 3.8) is 0 Å². The molecule has 0 spiro atoms. The van der Waals surface area contributed by atoms with E-state index in [-0.39, 0.29) is 18.1 Å². The fourth-order valence-corrected chi connectivity index (χ4v) is 2.96. The van der Waals surface area contributed by atoms with Gasteiger partial charge in [-0.1, -0.05) is 6.42 Å². The Morgan fingerprint density at radius 1 is 1.26 bits per heavy atom. The molecule has 2 fully saturated rings. The second-order valence-electron chi connectivity index (χ2n) is 6.09. The first-order valence-electron chi connectivity index (χ1n) is 8.30. The van der Waals surface area contributed by atoms with Crippen LogP contribution in [0.3, 0.4) is 0 Å². The number of ether oxygens (including phenoxy) is 2. The maximum absolute atomic E-state index is 12.1. The van der Waals surface area contributed by atoms with Crippen molar-refractivity contribution < 1.29 is 19.4 Å². The van der Waals surface area contributed by atoms with Gasteiger partial charge in [0, 0.05) is 18.8 Å². The van der Waals surface area contributed by atoms with Gasteiger partial charge in [0.15, 0.2) is 0 Å². The van der Waals surface area contributed by atoms with Gasteiger partial charge in [-0.15, -0.1) is 0 Å². The Morgan fingerprint density at radius 3 is 2.74 bits per heavy atom. The highest BCUT2D eigenvalue weighted by Crippen LogP contribution is 2.25. The van der Waals surface area contributed by atoms with Gasteiger partial charge in [-0.2, -0.15) is 0 Å². The third kappa shape index (κ3) is 4.43. The molecule has 2 unspecified atom stereocenters. The summed E-state index contributed by atoms with van der Waals surface area (Å²) in [5, 5.41) is 15.9. The molecule has 6 nitrogen and oxygen atoms in total. The van der Waals surface area contributed by atoms with E-state index in [1.807, 2.05) is 12.1 Å². The lowest BCUT2D eigenvalue weighted by molar-refractivity contribution is -0.128. The van der Waals surface area contributed by atoms with E-state index in [0.717, 1.165) is 32.2 Å². The van der Waals surface area contributed by atoms with Crippen LogP contribution in [0.15, 0.2) is 24.3 Å². The van der Waals surface area contributed by atoms with Crippen LogP contribution in [0.1, 0.15) is 25.7 Å². The maximum atomic E-state index is 12.1. The number of hydrogen-bond acceptors (Lipinski definition) is 5. The fourth-order valence-electron chi connectivity index (χ4n) is 2.96. The van der Waals surface area contributed by atoms with Gasteiger partial charge >= 0.3 is 0 Å². The molecule has 1 heterocycles. The summed E-state index contributed by atoms with van der Waals surface area (Å²) >= 11 is 0. The Bertz CT molecular complexity index is 514. The van der Waals surface area contributed by atoms with Crippen molar-refractivity contribution in [2.75, 3.05) is 25.0 Å². The van der Waals surface area contributed by atoms with E-state index in [4.69, 9.17) is 9.47 Å². The Hall–Kier alpha value is -1.63. The molecule has 3 atom stereocenters. The van der Waals surface area contributed by atoms with Crippen molar-refractivity contribution in [3.05, 3.63) is 24.3 Å². The molecule has 0 radical (unpaired) electrons. The number of rotatable bonds is 4. The molecule has 6 heteroatoms. The normalized spacial score (nSPS) is 28.1. The number of nitrogens with one attached hydrogen (secondary N) is 2. The summed E-state index contributed by atoms with van der Waals surface area (Å²) in [6.45, 7) is 1.87. The standard InChI is InChI=1S/C17H24N2O4/c20-14-3-1-2-4-15(14)23-13-7-5-12(6-8-13)19-17(21)16-11-18-9-10-22-16/h5-8,14-16,18,20H,1-4,9-11H2,(H,19,21)/t14?,15?,16-/m1/s1. The number of aliphatic hydroxyl groups is 1. The molecule has 0 aromatic heterocycles. The minimum atomic E-state index is -0.447. The SMILES string of the molecule is O=C(Nc1ccc(OC2CCCCC2O)cc1)[C@H]1CNCCO1. The van der Waals surface area contributed by atoms with E-state index >= 15 is 0 Å². The number of benzene rings is 1. The molecule has 1 aliphatic heterocycles. The molecule has 1 aromatic rings. The van der Waals surface area contributed by atoms with E-state index in [2.05, 4.69) is 10.6 Å². The zero-order chi connectivity index (χ0) is 16.1. The number of carbonyl (C=O) groups is 1. The second-order valence-corrected chi connectivity index (χ2v) is 6.09. The average Bonchev–Trinajstić information content (AvgIpc) is 2.59. The van der Waals surface area contributed by atoms with Crippen molar-refractivity contribution in [1.29, 1.82) is 0 Å². The Morgan fingerprint density at radius 2 is 2.04 bits per heavy atom. The lowest BCUT2D eigenvalue weighted by atomic mass is 9.95. The van der Waals surface area contributed by atoms with Crippen molar-refractivity contribution in [3.8, 4) is 5.75 Å². The highest BCUT2D eigenvalue weighted by atomic mass is 16.5. The third-order valence-electron chi connectivity index (χ3n) is 4.30. The van der Waals surface area contributed by atoms with E-state index in [1.54, 1.807) is 12.1 Å². The summed E-state index contributed by atoms with van der Waals surface area (Å²) in [7, 11) is 0. The smallest absolute Gasteiger partial charge is 0.254 e. The summed E-state index contributed by atoms with van der Waals surface area (Å²) in [4.78, 5) is 12.1. The second kappa shape index (κ2) is 7.77. The minimum absolute atomic E-state index is 0.133. The van der Waals surface area contributed by atoms with Crippen LogP contribution in [0.4, 0.5) is 5.69 Å². The van der Waals surface area contributed by atoms with E-state index in [0.29, 0.717) is 24.6 Å². The molecule has 1 saturated carbocycles. The average molecular weight is 320 g/mol.